The molecule has 2 fully saturated rings. The first-order valence-corrected chi connectivity index (χ1v) is 11.9. The zero-order valence-corrected chi connectivity index (χ0v) is 18.2. The molecule has 2 aliphatic rings. The molecule has 0 nitrogen and oxygen atoms in total. The molecule has 3 rings (SSSR count). The Balaban J connectivity index is 1.35. The summed E-state index contributed by atoms with van der Waals surface area (Å²) in [5, 5.41) is 0. The summed E-state index contributed by atoms with van der Waals surface area (Å²) in [5.41, 5.74) is 0.156. The maximum absolute atomic E-state index is 13.2. The number of benzene rings is 1. The highest BCUT2D eigenvalue weighted by atomic mass is 19.2. The van der Waals surface area contributed by atoms with Crippen molar-refractivity contribution in [2.75, 3.05) is 0 Å². The van der Waals surface area contributed by atoms with Crippen LogP contribution in [0.3, 0.4) is 0 Å². The molecule has 0 aliphatic heterocycles. The molecule has 0 heterocycles. The lowest BCUT2D eigenvalue weighted by atomic mass is 9.75. The van der Waals surface area contributed by atoms with Crippen molar-refractivity contribution in [3.8, 4) is 11.8 Å². The molecular formula is C27H35F3. The predicted octanol–water partition coefficient (Wildman–Crippen LogP) is 8.20. The zero-order chi connectivity index (χ0) is 21.3. The number of halogens is 3. The van der Waals surface area contributed by atoms with Crippen LogP contribution in [0.2, 0.25) is 0 Å². The first-order valence-electron chi connectivity index (χ1n) is 11.9. The molecule has 2 saturated carbocycles. The Morgan fingerprint density at radius 3 is 1.83 bits per heavy atom. The van der Waals surface area contributed by atoms with Gasteiger partial charge in [-0.1, -0.05) is 76.2 Å². The lowest BCUT2D eigenvalue weighted by Gasteiger charge is -2.31. The summed E-state index contributed by atoms with van der Waals surface area (Å²) in [6.07, 6.45) is 20.2. The van der Waals surface area contributed by atoms with Gasteiger partial charge in [-0.15, -0.1) is 0 Å². The number of allylic oxidation sites excluding steroid dienone is 2. The second-order valence-corrected chi connectivity index (χ2v) is 9.42. The molecule has 0 atom stereocenters. The van der Waals surface area contributed by atoms with Crippen molar-refractivity contribution in [2.45, 2.75) is 84.0 Å². The van der Waals surface area contributed by atoms with Crippen LogP contribution in [0.1, 0.15) is 89.5 Å². The van der Waals surface area contributed by atoms with Crippen molar-refractivity contribution in [3.63, 3.8) is 0 Å². The van der Waals surface area contributed by atoms with Crippen LogP contribution in [-0.4, -0.2) is 0 Å². The highest BCUT2D eigenvalue weighted by molar-refractivity contribution is 5.37. The summed E-state index contributed by atoms with van der Waals surface area (Å²) in [7, 11) is 0. The van der Waals surface area contributed by atoms with Crippen LogP contribution in [0, 0.1) is 53.0 Å². The Morgan fingerprint density at radius 2 is 1.30 bits per heavy atom. The minimum absolute atomic E-state index is 0.156. The van der Waals surface area contributed by atoms with Crippen molar-refractivity contribution < 1.29 is 13.2 Å². The first-order chi connectivity index (χ1) is 14.5. The summed E-state index contributed by atoms with van der Waals surface area (Å²) in [4.78, 5) is 0. The van der Waals surface area contributed by atoms with E-state index >= 15 is 0 Å². The smallest absolute Gasteiger partial charge is 0.194 e. The van der Waals surface area contributed by atoms with Crippen LogP contribution in [0.15, 0.2) is 24.3 Å². The average molecular weight is 417 g/mol. The van der Waals surface area contributed by atoms with E-state index in [1.807, 2.05) is 0 Å². The molecule has 164 valence electrons. The molecule has 0 saturated heterocycles. The Labute approximate surface area is 180 Å². The maximum atomic E-state index is 13.2. The molecule has 0 aromatic heterocycles. The fourth-order valence-electron chi connectivity index (χ4n) is 5.29. The summed E-state index contributed by atoms with van der Waals surface area (Å²) >= 11 is 0. The third-order valence-electron chi connectivity index (χ3n) is 7.19. The summed E-state index contributed by atoms with van der Waals surface area (Å²) < 4.78 is 39.4. The SMILES string of the molecule is CCC[C@H]1CC[C@H](CC[C@H]2CC[C@H](C=CC#Cc3cc(F)c(F)c(F)c3)CC2)CC1. The lowest BCUT2D eigenvalue weighted by Crippen LogP contribution is -2.17. The lowest BCUT2D eigenvalue weighted by molar-refractivity contribution is 0.221. The molecule has 1 aromatic rings. The predicted molar refractivity (Wildman–Crippen MR) is 117 cm³/mol. The molecule has 2 aliphatic carbocycles. The third kappa shape index (κ3) is 6.93. The molecule has 0 amide bonds. The van der Waals surface area contributed by atoms with Gasteiger partial charge in [0.15, 0.2) is 17.5 Å². The van der Waals surface area contributed by atoms with Crippen LogP contribution in [0.5, 0.6) is 0 Å². The average Bonchev–Trinajstić information content (AvgIpc) is 2.75. The number of hydrogen-bond acceptors (Lipinski definition) is 0. The largest absolute Gasteiger partial charge is 0.204 e. The topological polar surface area (TPSA) is 0 Å². The molecule has 0 spiro atoms. The van der Waals surface area contributed by atoms with Gasteiger partial charge in [0.2, 0.25) is 0 Å². The van der Waals surface area contributed by atoms with E-state index in [0.29, 0.717) is 5.92 Å². The fourth-order valence-corrected chi connectivity index (χ4v) is 5.29. The summed E-state index contributed by atoms with van der Waals surface area (Å²) in [6, 6.07) is 1.86. The van der Waals surface area contributed by atoms with Gasteiger partial charge in [-0.2, -0.15) is 0 Å². The highest BCUT2D eigenvalue weighted by Gasteiger charge is 2.23. The second-order valence-electron chi connectivity index (χ2n) is 9.42. The van der Waals surface area contributed by atoms with Crippen LogP contribution in [-0.2, 0) is 0 Å². The zero-order valence-electron chi connectivity index (χ0n) is 18.2. The third-order valence-corrected chi connectivity index (χ3v) is 7.19. The standard InChI is InChI=1S/C27H35F3/c1-2-5-20-8-12-22(13-9-20)16-17-23-14-10-21(11-15-23)6-3-4-7-24-18-25(28)27(30)26(29)19-24/h3,6,18-23H,2,5,8-17H2,1H3/t20-,21-,22-,23-. The van der Waals surface area contributed by atoms with E-state index < -0.39 is 17.5 Å². The molecule has 1 aromatic carbocycles. The van der Waals surface area contributed by atoms with Gasteiger partial charge in [0.1, 0.15) is 0 Å². The van der Waals surface area contributed by atoms with Gasteiger partial charge in [-0.05, 0) is 67.6 Å². The van der Waals surface area contributed by atoms with Crippen molar-refractivity contribution in [2.24, 2.45) is 23.7 Å². The first kappa shape index (κ1) is 23.0. The second kappa shape index (κ2) is 11.6. The van der Waals surface area contributed by atoms with Crippen LogP contribution < -0.4 is 0 Å². The fraction of sp³-hybridized carbons (Fsp3) is 0.630. The van der Waals surface area contributed by atoms with E-state index in [9.17, 15) is 13.2 Å². The van der Waals surface area contributed by atoms with E-state index in [4.69, 9.17) is 0 Å². The van der Waals surface area contributed by atoms with Gasteiger partial charge in [-0.3, -0.25) is 0 Å². The number of hydrogen-bond donors (Lipinski definition) is 0. The van der Waals surface area contributed by atoms with Crippen molar-refractivity contribution in [1.29, 1.82) is 0 Å². The molecule has 0 unspecified atom stereocenters. The minimum Gasteiger partial charge on any atom is -0.204 e. The Kier molecular flexibility index (Phi) is 8.91. The molecule has 3 heteroatoms. The molecular weight excluding hydrogens is 381 g/mol. The Hall–Kier alpha value is -1.69. The molecule has 0 radical (unpaired) electrons. The van der Waals surface area contributed by atoms with Crippen molar-refractivity contribution in [1.82, 2.24) is 0 Å². The van der Waals surface area contributed by atoms with E-state index in [1.54, 1.807) is 6.08 Å². The van der Waals surface area contributed by atoms with Gasteiger partial charge in [0.05, 0.1) is 0 Å². The number of rotatable bonds is 6. The Morgan fingerprint density at radius 1 is 0.800 bits per heavy atom. The van der Waals surface area contributed by atoms with E-state index in [0.717, 1.165) is 29.9 Å². The Bertz CT molecular complexity index is 731. The van der Waals surface area contributed by atoms with Crippen LogP contribution in [0.25, 0.3) is 0 Å². The quantitative estimate of drug-likeness (QED) is 0.324. The molecule has 30 heavy (non-hydrogen) atoms. The van der Waals surface area contributed by atoms with Crippen molar-refractivity contribution >= 4 is 0 Å². The van der Waals surface area contributed by atoms with Gasteiger partial charge in [-0.25, -0.2) is 13.2 Å². The summed E-state index contributed by atoms with van der Waals surface area (Å²) in [6.45, 7) is 2.30. The minimum atomic E-state index is -1.45. The van der Waals surface area contributed by atoms with Gasteiger partial charge in [0, 0.05) is 5.56 Å². The summed E-state index contributed by atoms with van der Waals surface area (Å²) in [5.74, 6) is 5.05. The van der Waals surface area contributed by atoms with E-state index in [-0.39, 0.29) is 5.56 Å². The van der Waals surface area contributed by atoms with Crippen LogP contribution in [0.4, 0.5) is 13.2 Å². The monoisotopic (exact) mass is 416 g/mol. The normalized spacial score (nSPS) is 27.1. The van der Waals surface area contributed by atoms with E-state index in [1.165, 1.54) is 77.0 Å². The highest BCUT2D eigenvalue weighted by Crippen LogP contribution is 2.37. The maximum Gasteiger partial charge on any atom is 0.194 e. The van der Waals surface area contributed by atoms with Gasteiger partial charge >= 0.3 is 0 Å². The van der Waals surface area contributed by atoms with Gasteiger partial charge < -0.3 is 0 Å². The molecule has 0 N–H and O–H groups in total. The molecule has 0 bridgehead atoms. The van der Waals surface area contributed by atoms with Crippen LogP contribution >= 0.6 is 0 Å². The van der Waals surface area contributed by atoms with E-state index in [2.05, 4.69) is 24.8 Å². The van der Waals surface area contributed by atoms with Gasteiger partial charge in [0.25, 0.3) is 0 Å². The van der Waals surface area contributed by atoms with Crippen molar-refractivity contribution in [3.05, 3.63) is 47.3 Å².